The number of methoxy groups -OCH3 is 1. The fourth-order valence-electron chi connectivity index (χ4n) is 8.75. The van der Waals surface area contributed by atoms with Gasteiger partial charge in [-0.15, -0.1) is 0 Å². The summed E-state index contributed by atoms with van der Waals surface area (Å²) in [4.78, 5) is 33.0. The Morgan fingerprint density at radius 1 is 0.956 bits per heavy atom. The van der Waals surface area contributed by atoms with Crippen molar-refractivity contribution < 1.29 is 14.3 Å². The van der Waals surface area contributed by atoms with Gasteiger partial charge >= 0.3 is 0 Å². The number of carbonyl (C=O) groups is 2. The van der Waals surface area contributed by atoms with Crippen LogP contribution >= 0.6 is 0 Å². The second kappa shape index (κ2) is 12.0. The van der Waals surface area contributed by atoms with Gasteiger partial charge in [0.2, 0.25) is 5.91 Å². The van der Waals surface area contributed by atoms with Crippen LogP contribution in [0.15, 0.2) is 48.8 Å². The van der Waals surface area contributed by atoms with Crippen molar-refractivity contribution in [3.8, 4) is 11.4 Å². The minimum Gasteiger partial charge on any atom is -0.496 e. The minimum absolute atomic E-state index is 0.00893. The average molecular weight is 609 g/mol. The topological polar surface area (TPSA) is 77.3 Å². The van der Waals surface area contributed by atoms with Crippen molar-refractivity contribution in [1.82, 2.24) is 14.8 Å². The third-order valence-electron chi connectivity index (χ3n) is 11.8. The fraction of sp³-hybridized carbons (Fsp3) is 0.579. The van der Waals surface area contributed by atoms with Crippen molar-refractivity contribution in [2.24, 2.45) is 17.3 Å². The molecule has 5 aliphatic carbocycles. The van der Waals surface area contributed by atoms with E-state index in [0.717, 1.165) is 74.4 Å². The Morgan fingerprint density at radius 2 is 1.69 bits per heavy atom. The zero-order valence-corrected chi connectivity index (χ0v) is 27.3. The van der Waals surface area contributed by atoms with Gasteiger partial charge in [-0.2, -0.15) is 5.10 Å². The molecule has 5 aliphatic rings. The maximum absolute atomic E-state index is 14.5. The second-order valence-electron chi connectivity index (χ2n) is 14.9. The molecule has 2 bridgehead atoms. The van der Waals surface area contributed by atoms with Gasteiger partial charge in [0.05, 0.1) is 12.8 Å². The molecular weight excluding hydrogens is 560 g/mol. The number of ketones is 1. The molecule has 8 rings (SSSR count). The number of benzene rings is 2. The number of nitrogens with zero attached hydrogens (tertiary/aromatic N) is 4. The lowest BCUT2D eigenvalue weighted by Gasteiger charge is -2.55. The minimum atomic E-state index is 0.00893. The molecular formula is C38H48N4O3. The number of aryl methyl sites for hydroxylation is 1. The van der Waals surface area contributed by atoms with Crippen LogP contribution in [0.3, 0.4) is 0 Å². The molecule has 0 radical (unpaired) electrons. The molecule has 1 aromatic heterocycles. The first-order chi connectivity index (χ1) is 21.8. The van der Waals surface area contributed by atoms with E-state index in [2.05, 4.69) is 59.3 Å². The van der Waals surface area contributed by atoms with Crippen molar-refractivity contribution in [2.45, 2.75) is 109 Å². The number of aromatic nitrogens is 3. The maximum Gasteiger partial charge on any atom is 0.230 e. The van der Waals surface area contributed by atoms with Gasteiger partial charge < -0.3 is 14.4 Å². The molecule has 7 nitrogen and oxygen atoms in total. The molecule has 0 spiro atoms. The molecule has 0 aliphatic heterocycles. The highest BCUT2D eigenvalue weighted by Crippen LogP contribution is 2.58. The summed E-state index contributed by atoms with van der Waals surface area (Å²) in [6.45, 7) is 4.60. The summed E-state index contributed by atoms with van der Waals surface area (Å²) in [7, 11) is 1.74. The van der Waals surface area contributed by atoms with E-state index in [1.807, 2.05) is 11.0 Å². The van der Waals surface area contributed by atoms with E-state index in [0.29, 0.717) is 18.3 Å². The number of hydrogen-bond donors (Lipinski definition) is 0. The number of amides is 1. The first-order valence-electron chi connectivity index (χ1n) is 17.2. The Bertz CT molecular complexity index is 1540. The monoisotopic (exact) mass is 608 g/mol. The third-order valence-corrected chi connectivity index (χ3v) is 11.8. The van der Waals surface area contributed by atoms with E-state index in [9.17, 15) is 9.59 Å². The molecule has 45 heavy (non-hydrogen) atoms. The Balaban J connectivity index is 1.13. The number of Topliss-reactive ketones (excluding diaryl/α,β-unsaturated/α-hetero) is 1. The zero-order valence-electron chi connectivity index (χ0n) is 27.3. The van der Waals surface area contributed by atoms with Gasteiger partial charge in [-0.25, -0.2) is 9.67 Å². The molecule has 0 N–H and O–H groups in total. The lowest BCUT2D eigenvalue weighted by Crippen LogP contribution is -2.51. The molecule has 1 amide bonds. The van der Waals surface area contributed by atoms with Crippen LogP contribution in [0.4, 0.5) is 5.69 Å². The van der Waals surface area contributed by atoms with Crippen LogP contribution < -0.4 is 9.64 Å². The van der Waals surface area contributed by atoms with Gasteiger partial charge in [-0.05, 0) is 143 Å². The number of rotatable bonds is 10. The smallest absolute Gasteiger partial charge is 0.230 e. The third kappa shape index (κ3) is 6.07. The largest absolute Gasteiger partial charge is 0.496 e. The molecule has 5 fully saturated rings. The zero-order chi connectivity index (χ0) is 31.2. The lowest BCUT2D eigenvalue weighted by atomic mass is 9.51. The Morgan fingerprint density at radius 3 is 2.33 bits per heavy atom. The van der Waals surface area contributed by atoms with Crippen LogP contribution in [-0.2, 0) is 15.0 Å². The summed E-state index contributed by atoms with van der Waals surface area (Å²) >= 11 is 0. The standard InChI is InChI=1S/C38H48N4O3/c1-26-21-31(13-14-34(26)45-3)38-18-15-37(16-19-38,17-20-38)24-41(36(44)30-9-7-28(8-10-30)22-27(2)43)32-5-4-6-33(23-32)42-25-39-35(40-42)29-11-12-29/h4-6,13-14,21,23,25,28-30H,7-12,15-20,22,24H2,1-3H3. The van der Waals surface area contributed by atoms with Crippen molar-refractivity contribution >= 4 is 17.4 Å². The van der Waals surface area contributed by atoms with Gasteiger partial charge in [0, 0.05) is 30.5 Å². The molecule has 238 valence electrons. The molecule has 0 atom stereocenters. The number of anilines is 1. The highest BCUT2D eigenvalue weighted by molar-refractivity contribution is 5.95. The maximum atomic E-state index is 14.5. The van der Waals surface area contributed by atoms with Gasteiger partial charge in [0.15, 0.2) is 5.82 Å². The fourth-order valence-corrected chi connectivity index (χ4v) is 8.75. The predicted molar refractivity (Wildman–Crippen MR) is 176 cm³/mol. The summed E-state index contributed by atoms with van der Waals surface area (Å²) in [5.74, 6) is 3.32. The first-order valence-corrected chi connectivity index (χ1v) is 17.2. The van der Waals surface area contributed by atoms with Crippen LogP contribution in [0.1, 0.15) is 113 Å². The summed E-state index contributed by atoms with van der Waals surface area (Å²) in [5, 5.41) is 4.78. The molecule has 7 heteroatoms. The summed E-state index contributed by atoms with van der Waals surface area (Å²) in [6.07, 6.45) is 15.4. The molecule has 0 unspecified atom stereocenters. The van der Waals surface area contributed by atoms with Crippen molar-refractivity contribution in [1.29, 1.82) is 0 Å². The summed E-state index contributed by atoms with van der Waals surface area (Å²) < 4.78 is 7.42. The van der Waals surface area contributed by atoms with Crippen LogP contribution in [0, 0.1) is 24.2 Å². The van der Waals surface area contributed by atoms with Crippen molar-refractivity contribution in [3.05, 3.63) is 65.7 Å². The average Bonchev–Trinajstić information content (AvgIpc) is 3.80. The van der Waals surface area contributed by atoms with Crippen molar-refractivity contribution in [2.75, 3.05) is 18.6 Å². The van der Waals surface area contributed by atoms with Crippen LogP contribution in [0.25, 0.3) is 5.69 Å². The lowest BCUT2D eigenvalue weighted by molar-refractivity contribution is -0.124. The van der Waals surface area contributed by atoms with Gasteiger partial charge in [0.1, 0.15) is 17.9 Å². The Labute approximate surface area is 267 Å². The molecule has 5 saturated carbocycles. The molecule has 3 aromatic rings. The number of carbonyl (C=O) groups excluding carboxylic acids is 2. The van der Waals surface area contributed by atoms with E-state index < -0.39 is 0 Å². The molecule has 2 aromatic carbocycles. The Hall–Kier alpha value is -3.48. The van der Waals surface area contributed by atoms with Crippen LogP contribution in [-0.4, -0.2) is 40.1 Å². The van der Waals surface area contributed by atoms with E-state index in [1.54, 1.807) is 14.0 Å². The molecule has 0 saturated heterocycles. The normalized spacial score (nSPS) is 27.7. The van der Waals surface area contributed by atoms with E-state index in [-0.39, 0.29) is 28.4 Å². The second-order valence-corrected chi connectivity index (χ2v) is 14.9. The number of ether oxygens (including phenoxy) is 1. The summed E-state index contributed by atoms with van der Waals surface area (Å²) in [5.41, 5.74) is 4.94. The molecule has 1 heterocycles. The van der Waals surface area contributed by atoms with E-state index >= 15 is 0 Å². The van der Waals surface area contributed by atoms with Crippen LogP contribution in [0.2, 0.25) is 0 Å². The quantitative estimate of drug-likeness (QED) is 0.234. The van der Waals surface area contributed by atoms with Crippen LogP contribution in [0.5, 0.6) is 5.75 Å². The van der Waals surface area contributed by atoms with Crippen molar-refractivity contribution in [3.63, 3.8) is 0 Å². The summed E-state index contributed by atoms with van der Waals surface area (Å²) in [6, 6.07) is 15.1. The van der Waals surface area contributed by atoms with Gasteiger partial charge in [-0.3, -0.25) is 4.79 Å². The van der Waals surface area contributed by atoms with Gasteiger partial charge in [-0.1, -0.05) is 18.2 Å². The van der Waals surface area contributed by atoms with E-state index in [4.69, 9.17) is 9.84 Å². The Kier molecular flexibility index (Phi) is 8.07. The SMILES string of the molecule is COc1ccc(C23CCC(CN(C(=O)C4CCC(CC(C)=O)CC4)c4cccc(-n5cnc(C6CC6)n5)c4)(CC2)CC3)cc1C. The first kappa shape index (κ1) is 30.2. The highest BCUT2D eigenvalue weighted by atomic mass is 16.5. The van der Waals surface area contributed by atoms with Gasteiger partial charge in [0.25, 0.3) is 0 Å². The number of hydrogen-bond acceptors (Lipinski definition) is 5. The van der Waals surface area contributed by atoms with E-state index in [1.165, 1.54) is 43.2 Å². The highest BCUT2D eigenvalue weighted by Gasteiger charge is 2.50. The predicted octanol–water partition coefficient (Wildman–Crippen LogP) is 7.87. The number of fused-ring (bicyclic) bond motifs is 3.